The predicted octanol–water partition coefficient (Wildman–Crippen LogP) is 0.934. The molecule has 0 saturated carbocycles. The molecule has 0 heterocycles. The Labute approximate surface area is 95.5 Å². The molecule has 16 heavy (non-hydrogen) atoms. The Kier molecular flexibility index (Phi) is 4.88. The van der Waals surface area contributed by atoms with Crippen molar-refractivity contribution >= 4 is 0 Å². The topological polar surface area (TPSA) is 65.7 Å². The number of nitrogens with two attached hydrogens (primary N) is 1. The summed E-state index contributed by atoms with van der Waals surface area (Å²) in [6.45, 7) is 2.45. The molecule has 0 saturated heterocycles. The number of hydrogen-bond donors (Lipinski definition) is 2. The summed E-state index contributed by atoms with van der Waals surface area (Å²) in [5.41, 5.74) is 2.56. The largest absolute Gasteiger partial charge is 0.493 e. The zero-order chi connectivity index (χ0) is 12.0. The molecule has 0 aliphatic rings. The van der Waals surface area contributed by atoms with Gasteiger partial charge in [0, 0.05) is 6.54 Å². The van der Waals surface area contributed by atoms with Crippen LogP contribution in [0, 0.1) is 0 Å². The van der Waals surface area contributed by atoms with E-state index in [1.807, 2.05) is 25.1 Å². The highest BCUT2D eigenvalue weighted by molar-refractivity contribution is 5.51. The van der Waals surface area contributed by atoms with Crippen molar-refractivity contribution in [2.24, 2.45) is 5.84 Å². The molecule has 0 amide bonds. The minimum absolute atomic E-state index is 0.0739. The Morgan fingerprint density at radius 3 is 2.25 bits per heavy atom. The maximum atomic E-state index is 5.71. The molecule has 5 nitrogen and oxygen atoms in total. The van der Waals surface area contributed by atoms with Gasteiger partial charge in [0.1, 0.15) is 6.10 Å². The van der Waals surface area contributed by atoms with Crippen molar-refractivity contribution in [2.75, 3.05) is 20.8 Å². The van der Waals surface area contributed by atoms with Crippen LogP contribution in [-0.4, -0.2) is 26.9 Å². The van der Waals surface area contributed by atoms with Gasteiger partial charge in [0.05, 0.1) is 14.2 Å². The van der Waals surface area contributed by atoms with Gasteiger partial charge < -0.3 is 14.2 Å². The van der Waals surface area contributed by atoms with Crippen molar-refractivity contribution in [3.8, 4) is 17.2 Å². The van der Waals surface area contributed by atoms with E-state index in [2.05, 4.69) is 5.43 Å². The smallest absolute Gasteiger partial charge is 0.203 e. The highest BCUT2D eigenvalue weighted by atomic mass is 16.5. The van der Waals surface area contributed by atoms with E-state index < -0.39 is 0 Å². The average molecular weight is 226 g/mol. The molecule has 0 spiro atoms. The molecular weight excluding hydrogens is 208 g/mol. The lowest BCUT2D eigenvalue weighted by Gasteiger charge is -2.18. The molecule has 0 bridgehead atoms. The molecule has 5 heteroatoms. The summed E-state index contributed by atoms with van der Waals surface area (Å²) in [6, 6.07) is 5.48. The molecule has 0 fully saturated rings. The normalized spacial score (nSPS) is 12.0. The van der Waals surface area contributed by atoms with E-state index in [4.69, 9.17) is 20.1 Å². The molecule has 0 aliphatic heterocycles. The monoisotopic (exact) mass is 226 g/mol. The van der Waals surface area contributed by atoms with Gasteiger partial charge in [-0.05, 0) is 19.1 Å². The summed E-state index contributed by atoms with van der Waals surface area (Å²) in [7, 11) is 3.18. The van der Waals surface area contributed by atoms with Gasteiger partial charge in [-0.15, -0.1) is 0 Å². The van der Waals surface area contributed by atoms with Gasteiger partial charge in [-0.3, -0.25) is 11.3 Å². The molecule has 3 N–H and O–H groups in total. The summed E-state index contributed by atoms with van der Waals surface area (Å²) >= 11 is 0. The standard InChI is InChI=1S/C11H18N2O3/c1-8(7-13-12)16-11-9(14-2)5-4-6-10(11)15-3/h4-6,8,13H,7,12H2,1-3H3. The van der Waals surface area contributed by atoms with Crippen LogP contribution in [0.4, 0.5) is 0 Å². The van der Waals surface area contributed by atoms with E-state index in [1.54, 1.807) is 14.2 Å². The van der Waals surface area contributed by atoms with Crippen LogP contribution in [0.5, 0.6) is 17.2 Å². The minimum Gasteiger partial charge on any atom is -0.493 e. The van der Waals surface area contributed by atoms with E-state index >= 15 is 0 Å². The minimum atomic E-state index is -0.0739. The fraction of sp³-hybridized carbons (Fsp3) is 0.455. The number of benzene rings is 1. The van der Waals surface area contributed by atoms with Gasteiger partial charge in [0.25, 0.3) is 0 Å². The lowest BCUT2D eigenvalue weighted by molar-refractivity contribution is 0.199. The van der Waals surface area contributed by atoms with Gasteiger partial charge in [-0.25, -0.2) is 0 Å². The Balaban J connectivity index is 2.90. The van der Waals surface area contributed by atoms with Crippen molar-refractivity contribution in [3.05, 3.63) is 18.2 Å². The van der Waals surface area contributed by atoms with Crippen molar-refractivity contribution in [1.82, 2.24) is 5.43 Å². The van der Waals surface area contributed by atoms with E-state index in [0.29, 0.717) is 23.8 Å². The van der Waals surface area contributed by atoms with Crippen molar-refractivity contribution in [2.45, 2.75) is 13.0 Å². The van der Waals surface area contributed by atoms with Crippen LogP contribution in [0.2, 0.25) is 0 Å². The van der Waals surface area contributed by atoms with Crippen LogP contribution < -0.4 is 25.5 Å². The van der Waals surface area contributed by atoms with Crippen molar-refractivity contribution < 1.29 is 14.2 Å². The quantitative estimate of drug-likeness (QED) is 0.558. The van der Waals surface area contributed by atoms with Crippen LogP contribution >= 0.6 is 0 Å². The predicted molar refractivity (Wildman–Crippen MR) is 61.8 cm³/mol. The zero-order valence-electron chi connectivity index (χ0n) is 9.82. The van der Waals surface area contributed by atoms with E-state index in [0.717, 1.165) is 0 Å². The summed E-state index contributed by atoms with van der Waals surface area (Å²) in [5.74, 6) is 7.11. The maximum absolute atomic E-state index is 5.71. The Hall–Kier alpha value is -1.46. The second-order valence-electron chi connectivity index (χ2n) is 3.33. The summed E-state index contributed by atoms with van der Waals surface area (Å²) < 4.78 is 16.1. The third kappa shape index (κ3) is 3.01. The molecule has 90 valence electrons. The number of nitrogens with one attached hydrogen (secondary N) is 1. The number of rotatable bonds is 6. The zero-order valence-corrected chi connectivity index (χ0v) is 9.82. The third-order valence-corrected chi connectivity index (χ3v) is 2.11. The summed E-state index contributed by atoms with van der Waals surface area (Å²) in [6.07, 6.45) is -0.0739. The van der Waals surface area contributed by atoms with E-state index in [-0.39, 0.29) is 6.10 Å². The first kappa shape index (κ1) is 12.6. The lowest BCUT2D eigenvalue weighted by atomic mass is 10.3. The van der Waals surface area contributed by atoms with Crippen LogP contribution in [0.3, 0.4) is 0 Å². The Morgan fingerprint density at radius 2 is 1.81 bits per heavy atom. The third-order valence-electron chi connectivity index (χ3n) is 2.11. The van der Waals surface area contributed by atoms with Gasteiger partial charge in [0.2, 0.25) is 5.75 Å². The van der Waals surface area contributed by atoms with E-state index in [1.165, 1.54) is 0 Å². The first-order valence-corrected chi connectivity index (χ1v) is 5.04. The maximum Gasteiger partial charge on any atom is 0.203 e. The SMILES string of the molecule is COc1cccc(OC)c1OC(C)CNN. The highest BCUT2D eigenvalue weighted by Crippen LogP contribution is 2.37. The van der Waals surface area contributed by atoms with Gasteiger partial charge in [-0.2, -0.15) is 0 Å². The number of para-hydroxylation sites is 1. The summed E-state index contributed by atoms with van der Waals surface area (Å²) in [5, 5.41) is 0. The lowest BCUT2D eigenvalue weighted by Crippen LogP contribution is -2.33. The number of ether oxygens (including phenoxy) is 3. The first-order chi connectivity index (χ1) is 7.72. The van der Waals surface area contributed by atoms with E-state index in [9.17, 15) is 0 Å². The second kappa shape index (κ2) is 6.19. The number of hydrogen-bond acceptors (Lipinski definition) is 5. The van der Waals surface area contributed by atoms with Crippen molar-refractivity contribution in [3.63, 3.8) is 0 Å². The molecule has 0 aromatic heterocycles. The molecule has 1 unspecified atom stereocenters. The van der Waals surface area contributed by atoms with Crippen LogP contribution in [0.1, 0.15) is 6.92 Å². The highest BCUT2D eigenvalue weighted by Gasteiger charge is 2.13. The molecule has 0 aliphatic carbocycles. The molecule has 1 aromatic rings. The molecule has 0 radical (unpaired) electrons. The summed E-state index contributed by atoms with van der Waals surface area (Å²) in [4.78, 5) is 0. The number of methoxy groups -OCH3 is 2. The molecule has 1 rings (SSSR count). The molecule has 1 atom stereocenters. The van der Waals surface area contributed by atoms with Crippen LogP contribution in [-0.2, 0) is 0 Å². The molecule has 1 aromatic carbocycles. The van der Waals surface area contributed by atoms with Gasteiger partial charge in [-0.1, -0.05) is 6.07 Å². The molecular formula is C11H18N2O3. The van der Waals surface area contributed by atoms with Gasteiger partial charge in [0.15, 0.2) is 11.5 Å². The Bertz CT molecular complexity index is 309. The first-order valence-electron chi connectivity index (χ1n) is 5.04. The number of hydrazine groups is 1. The fourth-order valence-corrected chi connectivity index (χ4v) is 1.34. The van der Waals surface area contributed by atoms with Crippen LogP contribution in [0.15, 0.2) is 18.2 Å². The van der Waals surface area contributed by atoms with Gasteiger partial charge >= 0.3 is 0 Å². The Morgan fingerprint density at radius 1 is 1.25 bits per heavy atom. The average Bonchev–Trinajstić information content (AvgIpc) is 2.29. The fourth-order valence-electron chi connectivity index (χ4n) is 1.34. The van der Waals surface area contributed by atoms with Crippen molar-refractivity contribution in [1.29, 1.82) is 0 Å². The van der Waals surface area contributed by atoms with Crippen LogP contribution in [0.25, 0.3) is 0 Å². The second-order valence-corrected chi connectivity index (χ2v) is 3.33.